The van der Waals surface area contributed by atoms with Crippen LogP contribution in [-0.2, 0) is 9.59 Å². The molecule has 0 spiro atoms. The summed E-state index contributed by atoms with van der Waals surface area (Å²) in [6.07, 6.45) is 23.0. The van der Waals surface area contributed by atoms with Gasteiger partial charge in [-0.2, -0.15) is 0 Å². The molecule has 0 atom stereocenters. The number of aliphatic carboxylic acids is 1. The first-order valence-corrected chi connectivity index (χ1v) is 12.1. The molecule has 166 valence electrons. The molecule has 0 unspecified atom stereocenters. The highest BCUT2D eigenvalue weighted by atomic mass is 16.4. The average Bonchev–Trinajstić information content (AvgIpc) is 2.68. The SMILES string of the molecule is CCCCCCCCCCCCCCCCCCCC(=O)N(CC)CC(=O)O. The van der Waals surface area contributed by atoms with Crippen molar-refractivity contribution in [3.8, 4) is 0 Å². The van der Waals surface area contributed by atoms with Crippen LogP contribution in [0.15, 0.2) is 0 Å². The van der Waals surface area contributed by atoms with Crippen LogP contribution in [0.2, 0.25) is 0 Å². The third-order valence-corrected chi connectivity index (χ3v) is 5.55. The summed E-state index contributed by atoms with van der Waals surface area (Å²) in [5, 5.41) is 8.79. The molecule has 0 aliphatic heterocycles. The summed E-state index contributed by atoms with van der Waals surface area (Å²) in [7, 11) is 0. The minimum absolute atomic E-state index is 0.0224. The van der Waals surface area contributed by atoms with Gasteiger partial charge in [-0.3, -0.25) is 9.59 Å². The number of amides is 1. The number of likely N-dealkylation sites (N-methyl/N-ethyl adjacent to an activating group) is 1. The highest BCUT2D eigenvalue weighted by Crippen LogP contribution is 2.14. The van der Waals surface area contributed by atoms with Gasteiger partial charge in [-0.25, -0.2) is 0 Å². The second kappa shape index (κ2) is 20.7. The Bertz CT molecular complexity index is 371. The van der Waals surface area contributed by atoms with E-state index in [0.29, 0.717) is 13.0 Å². The molecule has 0 aromatic rings. The van der Waals surface area contributed by atoms with Crippen LogP contribution in [0, 0.1) is 0 Å². The number of carboxylic acid groups (broad SMARTS) is 1. The minimum Gasteiger partial charge on any atom is -0.480 e. The van der Waals surface area contributed by atoms with Crippen molar-refractivity contribution >= 4 is 11.9 Å². The zero-order valence-corrected chi connectivity index (χ0v) is 18.9. The summed E-state index contributed by atoms with van der Waals surface area (Å²) in [4.78, 5) is 24.1. The summed E-state index contributed by atoms with van der Waals surface area (Å²) in [5.74, 6) is -0.955. The van der Waals surface area contributed by atoms with E-state index in [9.17, 15) is 9.59 Å². The number of carboxylic acids is 1. The lowest BCUT2D eigenvalue weighted by Crippen LogP contribution is -2.35. The lowest BCUT2D eigenvalue weighted by molar-refractivity contribution is -0.144. The molecule has 0 rings (SSSR count). The van der Waals surface area contributed by atoms with Gasteiger partial charge >= 0.3 is 5.97 Å². The molecule has 1 amide bonds. The van der Waals surface area contributed by atoms with Crippen molar-refractivity contribution < 1.29 is 14.7 Å². The lowest BCUT2D eigenvalue weighted by atomic mass is 10.0. The highest BCUT2D eigenvalue weighted by Gasteiger charge is 2.13. The van der Waals surface area contributed by atoms with Gasteiger partial charge in [-0.1, -0.05) is 110 Å². The lowest BCUT2D eigenvalue weighted by Gasteiger charge is -2.18. The number of carbonyl (C=O) groups is 2. The first kappa shape index (κ1) is 26.9. The maximum absolute atomic E-state index is 11.9. The second-order valence-electron chi connectivity index (χ2n) is 8.21. The third kappa shape index (κ3) is 18.3. The molecular weight excluding hydrogens is 350 g/mol. The van der Waals surface area contributed by atoms with Gasteiger partial charge in [0.25, 0.3) is 0 Å². The van der Waals surface area contributed by atoms with E-state index in [2.05, 4.69) is 6.92 Å². The van der Waals surface area contributed by atoms with Crippen molar-refractivity contribution in [2.75, 3.05) is 13.1 Å². The molecule has 0 aromatic heterocycles. The Labute approximate surface area is 174 Å². The zero-order chi connectivity index (χ0) is 20.9. The summed E-state index contributed by atoms with van der Waals surface area (Å²) in [6.45, 7) is 4.41. The number of hydrogen-bond acceptors (Lipinski definition) is 2. The monoisotopic (exact) mass is 397 g/mol. The Morgan fingerprint density at radius 1 is 0.607 bits per heavy atom. The molecule has 0 aromatic carbocycles. The van der Waals surface area contributed by atoms with Crippen molar-refractivity contribution in [3.63, 3.8) is 0 Å². The summed E-state index contributed by atoms with van der Waals surface area (Å²) in [6, 6.07) is 0. The summed E-state index contributed by atoms with van der Waals surface area (Å²) < 4.78 is 0. The molecule has 0 bridgehead atoms. The molecule has 4 nitrogen and oxygen atoms in total. The molecule has 0 aliphatic rings. The fraction of sp³-hybridized carbons (Fsp3) is 0.917. The predicted octanol–water partition coefficient (Wildman–Crippen LogP) is 6.96. The van der Waals surface area contributed by atoms with Crippen molar-refractivity contribution in [2.24, 2.45) is 0 Å². The first-order chi connectivity index (χ1) is 13.6. The minimum atomic E-state index is -0.933. The smallest absolute Gasteiger partial charge is 0.323 e. The zero-order valence-electron chi connectivity index (χ0n) is 18.9. The standard InChI is InChI=1S/C24H47NO3/c1-3-5-6-7-8-9-10-11-12-13-14-15-16-17-18-19-20-21-23(26)25(4-2)22-24(27)28/h3-22H2,1-2H3,(H,27,28). The Hall–Kier alpha value is -1.06. The number of carbonyl (C=O) groups excluding carboxylic acids is 1. The Kier molecular flexibility index (Phi) is 19.9. The van der Waals surface area contributed by atoms with Gasteiger partial charge in [0.1, 0.15) is 6.54 Å². The van der Waals surface area contributed by atoms with Crippen molar-refractivity contribution in [3.05, 3.63) is 0 Å². The van der Waals surface area contributed by atoms with E-state index in [0.717, 1.165) is 12.8 Å². The largest absolute Gasteiger partial charge is 0.480 e. The number of rotatable bonds is 21. The molecule has 0 heterocycles. The highest BCUT2D eigenvalue weighted by molar-refractivity contribution is 5.81. The van der Waals surface area contributed by atoms with E-state index in [-0.39, 0.29) is 12.5 Å². The number of hydrogen-bond donors (Lipinski definition) is 1. The third-order valence-electron chi connectivity index (χ3n) is 5.55. The van der Waals surface area contributed by atoms with E-state index in [1.54, 1.807) is 0 Å². The summed E-state index contributed by atoms with van der Waals surface area (Å²) in [5.41, 5.74) is 0. The molecular formula is C24H47NO3. The van der Waals surface area contributed by atoms with Crippen molar-refractivity contribution in [2.45, 2.75) is 129 Å². The fourth-order valence-corrected chi connectivity index (χ4v) is 3.70. The predicted molar refractivity (Wildman–Crippen MR) is 119 cm³/mol. The Morgan fingerprint density at radius 3 is 1.29 bits per heavy atom. The van der Waals surface area contributed by atoms with Crippen LogP contribution in [0.5, 0.6) is 0 Å². The van der Waals surface area contributed by atoms with E-state index in [1.165, 1.54) is 101 Å². The maximum Gasteiger partial charge on any atom is 0.323 e. The Balaban J connectivity index is 3.27. The van der Waals surface area contributed by atoms with Gasteiger partial charge in [-0.15, -0.1) is 0 Å². The van der Waals surface area contributed by atoms with Crippen LogP contribution in [0.1, 0.15) is 129 Å². The Morgan fingerprint density at radius 2 is 0.964 bits per heavy atom. The van der Waals surface area contributed by atoms with Gasteiger partial charge in [-0.05, 0) is 13.3 Å². The van der Waals surface area contributed by atoms with Crippen molar-refractivity contribution in [1.29, 1.82) is 0 Å². The second-order valence-corrected chi connectivity index (χ2v) is 8.21. The van der Waals surface area contributed by atoms with E-state index in [1.807, 2.05) is 6.92 Å². The molecule has 1 N–H and O–H groups in total. The van der Waals surface area contributed by atoms with E-state index in [4.69, 9.17) is 5.11 Å². The van der Waals surface area contributed by atoms with Crippen LogP contribution in [0.25, 0.3) is 0 Å². The molecule has 28 heavy (non-hydrogen) atoms. The number of nitrogens with zero attached hydrogens (tertiary/aromatic N) is 1. The van der Waals surface area contributed by atoms with Crippen LogP contribution >= 0.6 is 0 Å². The topological polar surface area (TPSA) is 57.6 Å². The first-order valence-electron chi connectivity index (χ1n) is 12.1. The molecule has 0 aliphatic carbocycles. The van der Waals surface area contributed by atoms with Gasteiger partial charge in [0.2, 0.25) is 5.91 Å². The van der Waals surface area contributed by atoms with Crippen molar-refractivity contribution in [1.82, 2.24) is 4.90 Å². The molecule has 0 saturated carbocycles. The normalized spacial score (nSPS) is 10.9. The summed E-state index contributed by atoms with van der Waals surface area (Å²) >= 11 is 0. The van der Waals surface area contributed by atoms with Crippen LogP contribution < -0.4 is 0 Å². The molecule has 0 fully saturated rings. The number of unbranched alkanes of at least 4 members (excludes halogenated alkanes) is 16. The van der Waals surface area contributed by atoms with Gasteiger partial charge in [0, 0.05) is 13.0 Å². The maximum atomic E-state index is 11.9. The fourth-order valence-electron chi connectivity index (χ4n) is 3.70. The van der Waals surface area contributed by atoms with Gasteiger partial charge in [0.15, 0.2) is 0 Å². The van der Waals surface area contributed by atoms with Gasteiger partial charge < -0.3 is 10.0 Å². The van der Waals surface area contributed by atoms with Gasteiger partial charge in [0.05, 0.1) is 0 Å². The van der Waals surface area contributed by atoms with Crippen LogP contribution in [-0.4, -0.2) is 35.0 Å². The van der Waals surface area contributed by atoms with Crippen LogP contribution in [0.4, 0.5) is 0 Å². The molecule has 4 heteroatoms. The molecule has 0 radical (unpaired) electrons. The quantitative estimate of drug-likeness (QED) is 0.213. The van der Waals surface area contributed by atoms with E-state index < -0.39 is 5.97 Å². The van der Waals surface area contributed by atoms with E-state index >= 15 is 0 Å². The average molecular weight is 398 g/mol. The molecule has 0 saturated heterocycles. The van der Waals surface area contributed by atoms with Crippen LogP contribution in [0.3, 0.4) is 0 Å².